The maximum atomic E-state index is 6.36. The molecule has 0 aromatic heterocycles. The zero-order valence-electron chi connectivity index (χ0n) is 10.3. The van der Waals surface area contributed by atoms with Gasteiger partial charge in [-0.3, -0.25) is 0 Å². The van der Waals surface area contributed by atoms with Crippen LogP contribution in [0.25, 0.3) is 0 Å². The van der Waals surface area contributed by atoms with Gasteiger partial charge in [0, 0.05) is 18.7 Å². The molecule has 94 valence electrons. The Morgan fingerprint density at radius 1 is 1.19 bits per heavy atom. The quantitative estimate of drug-likeness (QED) is 0.703. The van der Waals surface area contributed by atoms with Crippen molar-refractivity contribution in [3.63, 3.8) is 0 Å². The molecule has 2 rings (SSSR count). The van der Waals surface area contributed by atoms with Gasteiger partial charge >= 0.3 is 0 Å². The fraction of sp³-hybridized carbons (Fsp3) is 1.00. The summed E-state index contributed by atoms with van der Waals surface area (Å²) in [6.45, 7) is 3.01. The van der Waals surface area contributed by atoms with E-state index in [0.29, 0.717) is 6.10 Å². The molecule has 1 aliphatic heterocycles. The van der Waals surface area contributed by atoms with Crippen LogP contribution in [0.2, 0.25) is 0 Å². The van der Waals surface area contributed by atoms with Crippen LogP contribution in [-0.4, -0.2) is 31.3 Å². The molecule has 0 amide bonds. The van der Waals surface area contributed by atoms with Crippen molar-refractivity contribution >= 4 is 0 Å². The van der Waals surface area contributed by atoms with Crippen LogP contribution in [0.5, 0.6) is 0 Å². The normalized spacial score (nSPS) is 29.4. The maximum Gasteiger partial charge on any atom is 0.0588 e. The molecule has 3 nitrogen and oxygen atoms in total. The Labute approximate surface area is 99.1 Å². The van der Waals surface area contributed by atoms with Crippen LogP contribution < -0.4 is 11.1 Å². The van der Waals surface area contributed by atoms with Crippen molar-refractivity contribution in [1.82, 2.24) is 5.32 Å². The molecule has 2 fully saturated rings. The molecule has 0 spiro atoms. The molecule has 1 aliphatic carbocycles. The maximum absolute atomic E-state index is 6.36. The molecule has 0 aromatic carbocycles. The standard InChI is InChI=1S/C13H26N2O/c14-13(7-2-1-3-8-13)11-15-9-6-12-5-4-10-16-12/h12,15H,1-11,14H2. The first kappa shape index (κ1) is 12.3. The molecule has 3 heteroatoms. The van der Waals surface area contributed by atoms with E-state index >= 15 is 0 Å². The summed E-state index contributed by atoms with van der Waals surface area (Å²) in [4.78, 5) is 0. The lowest BCUT2D eigenvalue weighted by atomic mass is 9.82. The molecule has 0 bridgehead atoms. The second-order valence-corrected chi connectivity index (χ2v) is 5.52. The van der Waals surface area contributed by atoms with E-state index in [1.54, 1.807) is 0 Å². The highest BCUT2D eigenvalue weighted by Crippen LogP contribution is 2.25. The SMILES string of the molecule is NC1(CNCCC2CCCO2)CCCCC1. The van der Waals surface area contributed by atoms with E-state index in [1.165, 1.54) is 44.9 Å². The monoisotopic (exact) mass is 226 g/mol. The minimum atomic E-state index is 0.0782. The van der Waals surface area contributed by atoms with E-state index in [4.69, 9.17) is 10.5 Å². The summed E-state index contributed by atoms with van der Waals surface area (Å²) in [7, 11) is 0. The summed E-state index contributed by atoms with van der Waals surface area (Å²) >= 11 is 0. The molecule has 0 radical (unpaired) electrons. The first-order chi connectivity index (χ1) is 7.79. The molecular formula is C13H26N2O. The van der Waals surface area contributed by atoms with Gasteiger partial charge in [-0.15, -0.1) is 0 Å². The van der Waals surface area contributed by atoms with Crippen LogP contribution >= 0.6 is 0 Å². The van der Waals surface area contributed by atoms with Crippen molar-refractivity contribution in [2.24, 2.45) is 5.73 Å². The van der Waals surface area contributed by atoms with Gasteiger partial charge in [0.25, 0.3) is 0 Å². The fourth-order valence-corrected chi connectivity index (χ4v) is 2.91. The molecule has 3 N–H and O–H groups in total. The van der Waals surface area contributed by atoms with Gasteiger partial charge < -0.3 is 15.8 Å². The first-order valence-corrected chi connectivity index (χ1v) is 6.90. The summed E-state index contributed by atoms with van der Waals surface area (Å²) in [6, 6.07) is 0. The predicted octanol–water partition coefficient (Wildman–Crippen LogP) is 1.81. The minimum absolute atomic E-state index is 0.0782. The topological polar surface area (TPSA) is 47.3 Å². The Balaban J connectivity index is 1.56. The Bertz CT molecular complexity index is 196. The molecule has 1 saturated carbocycles. The Morgan fingerprint density at radius 3 is 2.69 bits per heavy atom. The second kappa shape index (κ2) is 5.99. The van der Waals surface area contributed by atoms with Gasteiger partial charge in [0.05, 0.1) is 6.10 Å². The number of hydrogen-bond acceptors (Lipinski definition) is 3. The van der Waals surface area contributed by atoms with Gasteiger partial charge in [-0.25, -0.2) is 0 Å². The second-order valence-electron chi connectivity index (χ2n) is 5.52. The number of nitrogens with two attached hydrogens (primary N) is 1. The Kier molecular flexibility index (Phi) is 4.62. The zero-order valence-corrected chi connectivity index (χ0v) is 10.3. The molecule has 1 saturated heterocycles. The van der Waals surface area contributed by atoms with Crippen molar-refractivity contribution in [3.8, 4) is 0 Å². The third-order valence-electron chi connectivity index (χ3n) is 3.99. The van der Waals surface area contributed by atoms with Gasteiger partial charge in [0.2, 0.25) is 0 Å². The van der Waals surface area contributed by atoms with Crippen molar-refractivity contribution in [3.05, 3.63) is 0 Å². The third kappa shape index (κ3) is 3.72. The number of rotatable bonds is 5. The summed E-state index contributed by atoms with van der Waals surface area (Å²) < 4.78 is 5.60. The van der Waals surface area contributed by atoms with Crippen LogP contribution in [-0.2, 0) is 4.74 Å². The molecule has 0 aromatic rings. The van der Waals surface area contributed by atoms with E-state index in [-0.39, 0.29) is 5.54 Å². The largest absolute Gasteiger partial charge is 0.378 e. The zero-order chi connectivity index (χ0) is 11.3. The fourth-order valence-electron chi connectivity index (χ4n) is 2.91. The van der Waals surface area contributed by atoms with Gasteiger partial charge in [-0.1, -0.05) is 19.3 Å². The van der Waals surface area contributed by atoms with Crippen LogP contribution in [0, 0.1) is 0 Å². The van der Waals surface area contributed by atoms with Crippen molar-refractivity contribution < 1.29 is 4.74 Å². The summed E-state index contributed by atoms with van der Waals surface area (Å²) in [5.74, 6) is 0. The van der Waals surface area contributed by atoms with Crippen LogP contribution in [0.3, 0.4) is 0 Å². The smallest absolute Gasteiger partial charge is 0.0588 e. The van der Waals surface area contributed by atoms with Crippen LogP contribution in [0.1, 0.15) is 51.4 Å². The van der Waals surface area contributed by atoms with Gasteiger partial charge in [-0.05, 0) is 38.6 Å². The van der Waals surface area contributed by atoms with E-state index in [9.17, 15) is 0 Å². The minimum Gasteiger partial charge on any atom is -0.378 e. The molecule has 1 atom stereocenters. The van der Waals surface area contributed by atoms with Crippen LogP contribution in [0.15, 0.2) is 0 Å². The summed E-state index contributed by atoms with van der Waals surface area (Å²) in [5, 5.41) is 3.52. The van der Waals surface area contributed by atoms with Gasteiger partial charge in [0.1, 0.15) is 0 Å². The molecule has 2 aliphatic rings. The van der Waals surface area contributed by atoms with E-state index < -0.39 is 0 Å². The molecule has 1 heterocycles. The van der Waals surface area contributed by atoms with Crippen molar-refractivity contribution in [1.29, 1.82) is 0 Å². The number of hydrogen-bond donors (Lipinski definition) is 2. The molecule has 16 heavy (non-hydrogen) atoms. The molecule has 1 unspecified atom stereocenters. The van der Waals surface area contributed by atoms with Crippen molar-refractivity contribution in [2.75, 3.05) is 19.7 Å². The van der Waals surface area contributed by atoms with Crippen LogP contribution in [0.4, 0.5) is 0 Å². The summed E-state index contributed by atoms with van der Waals surface area (Å²) in [5.41, 5.74) is 6.44. The Morgan fingerprint density at radius 2 is 2.00 bits per heavy atom. The van der Waals surface area contributed by atoms with E-state index in [0.717, 1.165) is 26.1 Å². The van der Waals surface area contributed by atoms with Gasteiger partial charge in [-0.2, -0.15) is 0 Å². The van der Waals surface area contributed by atoms with Crippen molar-refractivity contribution in [2.45, 2.75) is 63.0 Å². The van der Waals surface area contributed by atoms with E-state index in [1.807, 2.05) is 0 Å². The average molecular weight is 226 g/mol. The first-order valence-electron chi connectivity index (χ1n) is 6.90. The van der Waals surface area contributed by atoms with E-state index in [2.05, 4.69) is 5.32 Å². The molecular weight excluding hydrogens is 200 g/mol. The number of ether oxygens (including phenoxy) is 1. The third-order valence-corrected chi connectivity index (χ3v) is 3.99. The lowest BCUT2D eigenvalue weighted by Gasteiger charge is -2.33. The Hall–Kier alpha value is -0.120. The highest BCUT2D eigenvalue weighted by molar-refractivity contribution is 4.89. The lowest BCUT2D eigenvalue weighted by Crippen LogP contribution is -2.50. The average Bonchev–Trinajstić information content (AvgIpc) is 2.78. The summed E-state index contributed by atoms with van der Waals surface area (Å²) in [6.07, 6.45) is 10.5. The predicted molar refractivity (Wildman–Crippen MR) is 66.5 cm³/mol. The van der Waals surface area contributed by atoms with Gasteiger partial charge in [0.15, 0.2) is 0 Å². The highest BCUT2D eigenvalue weighted by atomic mass is 16.5. The highest BCUT2D eigenvalue weighted by Gasteiger charge is 2.26. The lowest BCUT2D eigenvalue weighted by molar-refractivity contribution is 0.103. The number of nitrogens with one attached hydrogen (secondary N) is 1.